The molecule has 0 bridgehead atoms. The van der Waals surface area contributed by atoms with Gasteiger partial charge in [-0.25, -0.2) is 4.79 Å². The first-order valence-corrected chi connectivity index (χ1v) is 11.2. The highest BCUT2D eigenvalue weighted by Crippen LogP contribution is 2.30. The van der Waals surface area contributed by atoms with Gasteiger partial charge in [0.05, 0.1) is 12.3 Å². The molecule has 3 amide bonds. The number of urea groups is 1. The number of nitrogens with zero attached hydrogens (tertiary/aromatic N) is 2. The van der Waals surface area contributed by atoms with E-state index in [2.05, 4.69) is 29.4 Å². The minimum Gasteiger partial charge on any atom is -0.469 e. The van der Waals surface area contributed by atoms with Crippen LogP contribution >= 0.6 is 0 Å². The van der Waals surface area contributed by atoms with E-state index in [0.717, 1.165) is 76.0 Å². The van der Waals surface area contributed by atoms with Crippen molar-refractivity contribution >= 4 is 11.9 Å². The Balaban J connectivity index is 1.37. The first-order chi connectivity index (χ1) is 14.1. The Hall–Kier alpha value is -2.02. The number of carbonyl (C=O) groups excluding carboxylic acids is 2. The Kier molecular flexibility index (Phi) is 7.98. The predicted molar refractivity (Wildman–Crippen MR) is 113 cm³/mol. The van der Waals surface area contributed by atoms with Gasteiger partial charge in [0.25, 0.3) is 0 Å². The first kappa shape index (κ1) is 21.7. The van der Waals surface area contributed by atoms with Crippen LogP contribution in [0.15, 0.2) is 16.7 Å². The molecular weight excluding hydrogens is 368 g/mol. The van der Waals surface area contributed by atoms with Gasteiger partial charge in [-0.1, -0.05) is 13.8 Å². The molecular formula is C22H36N4O3. The molecule has 1 unspecified atom stereocenters. The van der Waals surface area contributed by atoms with Crippen LogP contribution < -0.4 is 10.6 Å². The quantitative estimate of drug-likeness (QED) is 0.653. The number of furan rings is 1. The zero-order valence-electron chi connectivity index (χ0n) is 17.9. The number of hydrogen-bond donors (Lipinski definition) is 2. The molecule has 2 heterocycles. The Morgan fingerprint density at radius 2 is 1.97 bits per heavy atom. The van der Waals surface area contributed by atoms with Gasteiger partial charge in [0.2, 0.25) is 5.91 Å². The van der Waals surface area contributed by atoms with Crippen LogP contribution in [0.2, 0.25) is 0 Å². The van der Waals surface area contributed by atoms with E-state index in [4.69, 9.17) is 4.42 Å². The van der Waals surface area contributed by atoms with Gasteiger partial charge in [-0.2, -0.15) is 0 Å². The minimum absolute atomic E-state index is 0.0164. The number of rotatable bonds is 8. The van der Waals surface area contributed by atoms with Gasteiger partial charge in [-0.3, -0.25) is 4.79 Å². The maximum absolute atomic E-state index is 12.7. The van der Waals surface area contributed by atoms with Crippen molar-refractivity contribution in [3.05, 3.63) is 23.7 Å². The van der Waals surface area contributed by atoms with E-state index in [-0.39, 0.29) is 23.9 Å². The van der Waals surface area contributed by atoms with Crippen molar-refractivity contribution in [1.82, 2.24) is 20.4 Å². The van der Waals surface area contributed by atoms with E-state index in [9.17, 15) is 9.59 Å². The Morgan fingerprint density at radius 3 is 2.69 bits per heavy atom. The van der Waals surface area contributed by atoms with Crippen LogP contribution in [0, 0.1) is 5.92 Å². The van der Waals surface area contributed by atoms with Crippen molar-refractivity contribution in [2.75, 3.05) is 39.3 Å². The average molecular weight is 405 g/mol. The van der Waals surface area contributed by atoms with E-state index in [0.29, 0.717) is 13.1 Å². The second-order valence-corrected chi connectivity index (χ2v) is 8.13. The highest BCUT2D eigenvalue weighted by Gasteiger charge is 2.30. The van der Waals surface area contributed by atoms with Crippen molar-refractivity contribution in [3.63, 3.8) is 0 Å². The largest absolute Gasteiger partial charge is 0.469 e. The molecule has 1 atom stereocenters. The molecule has 1 aliphatic carbocycles. The molecule has 0 radical (unpaired) electrons. The fraction of sp³-hybridized carbons (Fsp3) is 0.727. The molecule has 29 heavy (non-hydrogen) atoms. The lowest BCUT2D eigenvalue weighted by molar-refractivity contribution is -0.126. The summed E-state index contributed by atoms with van der Waals surface area (Å²) in [4.78, 5) is 29.3. The number of likely N-dealkylation sites (tertiary alicyclic amines) is 1. The van der Waals surface area contributed by atoms with Crippen molar-refractivity contribution < 1.29 is 14.0 Å². The molecule has 2 aliphatic rings. The Bertz CT molecular complexity index is 663. The number of hydrogen-bond acceptors (Lipinski definition) is 4. The van der Waals surface area contributed by atoms with Crippen LogP contribution in [-0.2, 0) is 11.2 Å². The maximum atomic E-state index is 12.7. The van der Waals surface area contributed by atoms with Gasteiger partial charge in [0, 0.05) is 37.5 Å². The van der Waals surface area contributed by atoms with Gasteiger partial charge in [0.15, 0.2) is 0 Å². The van der Waals surface area contributed by atoms with Crippen LogP contribution in [0.3, 0.4) is 0 Å². The molecule has 1 fully saturated rings. The van der Waals surface area contributed by atoms with Crippen LogP contribution in [0.1, 0.15) is 63.3 Å². The molecule has 1 aliphatic heterocycles. The second-order valence-electron chi connectivity index (χ2n) is 8.13. The van der Waals surface area contributed by atoms with Crippen molar-refractivity contribution in [2.24, 2.45) is 5.92 Å². The number of piperidine rings is 1. The second kappa shape index (κ2) is 10.7. The van der Waals surface area contributed by atoms with E-state index in [1.165, 1.54) is 0 Å². The van der Waals surface area contributed by atoms with Crippen molar-refractivity contribution in [1.29, 1.82) is 0 Å². The predicted octanol–water partition coefficient (Wildman–Crippen LogP) is 2.93. The zero-order valence-corrected chi connectivity index (χ0v) is 17.9. The molecule has 1 saturated heterocycles. The van der Waals surface area contributed by atoms with Gasteiger partial charge >= 0.3 is 6.03 Å². The van der Waals surface area contributed by atoms with E-state index < -0.39 is 0 Å². The van der Waals surface area contributed by atoms with Crippen LogP contribution in [0.25, 0.3) is 0 Å². The molecule has 7 heteroatoms. The standard InChI is InChI=1S/C22H36N4O3/c1-3-25(4-2)13-6-12-23-21(27)17-9-14-26(15-10-17)22(28)24-19-7-5-8-20-18(19)11-16-29-20/h11,16-17,19H,3-10,12-15H2,1-2H3,(H,23,27)(H,24,28). The number of nitrogens with one attached hydrogen (secondary N) is 2. The van der Waals surface area contributed by atoms with Crippen LogP contribution in [-0.4, -0.2) is 61.0 Å². The molecule has 7 nitrogen and oxygen atoms in total. The Labute approximate surface area is 174 Å². The summed E-state index contributed by atoms with van der Waals surface area (Å²) in [7, 11) is 0. The summed E-state index contributed by atoms with van der Waals surface area (Å²) < 4.78 is 5.51. The third-order valence-electron chi connectivity index (χ3n) is 6.35. The number of aryl methyl sites for hydroxylation is 1. The average Bonchev–Trinajstić information content (AvgIpc) is 3.24. The van der Waals surface area contributed by atoms with Gasteiger partial charge in [-0.05, 0) is 57.8 Å². The smallest absolute Gasteiger partial charge is 0.317 e. The van der Waals surface area contributed by atoms with E-state index in [1.807, 2.05) is 11.0 Å². The number of amides is 3. The van der Waals surface area contributed by atoms with Crippen LogP contribution in [0.5, 0.6) is 0 Å². The summed E-state index contributed by atoms with van der Waals surface area (Å²) in [5, 5.41) is 6.24. The highest BCUT2D eigenvalue weighted by molar-refractivity contribution is 5.79. The topological polar surface area (TPSA) is 77.8 Å². The third-order valence-corrected chi connectivity index (χ3v) is 6.35. The minimum atomic E-state index is -0.0258. The zero-order chi connectivity index (χ0) is 20.6. The summed E-state index contributed by atoms with van der Waals surface area (Å²) in [6.07, 6.45) is 7.08. The summed E-state index contributed by atoms with van der Waals surface area (Å²) in [6, 6.07) is 1.98. The first-order valence-electron chi connectivity index (χ1n) is 11.2. The number of fused-ring (bicyclic) bond motifs is 1. The SMILES string of the molecule is CCN(CC)CCCNC(=O)C1CCN(C(=O)NC2CCCc3occc32)CC1. The fourth-order valence-electron chi connectivity index (χ4n) is 4.42. The molecule has 0 saturated carbocycles. The van der Waals surface area contributed by atoms with Gasteiger partial charge in [-0.15, -0.1) is 0 Å². The van der Waals surface area contributed by atoms with Gasteiger partial charge < -0.3 is 24.9 Å². The van der Waals surface area contributed by atoms with Crippen LogP contribution in [0.4, 0.5) is 4.79 Å². The van der Waals surface area contributed by atoms with Gasteiger partial charge in [0.1, 0.15) is 5.76 Å². The lowest BCUT2D eigenvalue weighted by Crippen LogP contribution is -2.48. The van der Waals surface area contributed by atoms with E-state index in [1.54, 1.807) is 6.26 Å². The Morgan fingerprint density at radius 1 is 1.21 bits per heavy atom. The third kappa shape index (κ3) is 5.75. The molecule has 1 aromatic heterocycles. The molecule has 0 spiro atoms. The lowest BCUT2D eigenvalue weighted by atomic mass is 9.93. The number of carbonyl (C=O) groups is 2. The fourth-order valence-corrected chi connectivity index (χ4v) is 4.42. The molecule has 162 valence electrons. The highest BCUT2D eigenvalue weighted by atomic mass is 16.3. The maximum Gasteiger partial charge on any atom is 0.317 e. The lowest BCUT2D eigenvalue weighted by Gasteiger charge is -2.33. The summed E-state index contributed by atoms with van der Waals surface area (Å²) in [6.45, 7) is 9.43. The van der Waals surface area contributed by atoms with Crippen molar-refractivity contribution in [3.8, 4) is 0 Å². The molecule has 2 N–H and O–H groups in total. The summed E-state index contributed by atoms with van der Waals surface area (Å²) >= 11 is 0. The normalized spacial score (nSPS) is 19.8. The summed E-state index contributed by atoms with van der Waals surface area (Å²) in [5.41, 5.74) is 1.11. The van der Waals surface area contributed by atoms with Crippen molar-refractivity contribution in [2.45, 2.75) is 58.4 Å². The molecule has 0 aromatic carbocycles. The molecule has 1 aromatic rings. The van der Waals surface area contributed by atoms with E-state index >= 15 is 0 Å². The monoisotopic (exact) mass is 404 g/mol. The summed E-state index contributed by atoms with van der Waals surface area (Å²) in [5.74, 6) is 1.15. The molecule has 3 rings (SSSR count).